The Morgan fingerprint density at radius 3 is 2.50 bits per heavy atom. The van der Waals surface area contributed by atoms with E-state index in [1.54, 1.807) is 6.07 Å². The highest BCUT2D eigenvalue weighted by atomic mass is 35.5. The van der Waals surface area contributed by atoms with Gasteiger partial charge in [0.1, 0.15) is 5.38 Å². The molecule has 1 aromatic rings. The first-order valence-corrected chi connectivity index (χ1v) is 5.35. The molecular weight excluding hydrogens is 219 g/mol. The van der Waals surface area contributed by atoms with Crippen LogP contribution in [-0.2, 0) is 0 Å². The number of carbonyl (C=O) groups is 1. The highest BCUT2D eigenvalue weighted by Gasteiger charge is 2.16. The van der Waals surface area contributed by atoms with Crippen LogP contribution in [-0.4, -0.2) is 17.0 Å². The minimum Gasteiger partial charge on any atom is -0.292 e. The number of rotatable bonds is 3. The number of hydrogen-bond donors (Lipinski definition) is 0. The Hall–Kier alpha value is -0.530. The summed E-state index contributed by atoms with van der Waals surface area (Å²) in [7, 11) is 0. The standard InChI is InChI=1S/C11H12Cl2O/c1-7-3-4-9(5-8(7)2)11(14)10(13)6-12/h3-5,10H,6H2,1-2H3. The molecule has 0 aliphatic heterocycles. The van der Waals surface area contributed by atoms with Gasteiger partial charge in [-0.1, -0.05) is 12.1 Å². The second-order valence-electron chi connectivity index (χ2n) is 3.29. The van der Waals surface area contributed by atoms with Gasteiger partial charge in [-0.05, 0) is 31.0 Å². The maximum absolute atomic E-state index is 11.6. The molecule has 0 aromatic heterocycles. The van der Waals surface area contributed by atoms with Gasteiger partial charge < -0.3 is 0 Å². The first kappa shape index (κ1) is 11.5. The van der Waals surface area contributed by atoms with Crippen molar-refractivity contribution in [1.29, 1.82) is 0 Å². The summed E-state index contributed by atoms with van der Waals surface area (Å²) in [5.74, 6) is 0.0394. The number of ketones is 1. The van der Waals surface area contributed by atoms with Crippen LogP contribution in [0.15, 0.2) is 18.2 Å². The number of alkyl halides is 2. The topological polar surface area (TPSA) is 17.1 Å². The van der Waals surface area contributed by atoms with Crippen LogP contribution in [0.1, 0.15) is 21.5 Å². The molecule has 0 radical (unpaired) electrons. The van der Waals surface area contributed by atoms with Gasteiger partial charge in [0.05, 0.1) is 0 Å². The summed E-state index contributed by atoms with van der Waals surface area (Å²) in [6, 6.07) is 5.55. The van der Waals surface area contributed by atoms with Crippen LogP contribution >= 0.6 is 23.2 Å². The molecule has 0 fully saturated rings. The highest BCUT2D eigenvalue weighted by molar-refractivity contribution is 6.38. The predicted octanol–water partition coefficient (Wildman–Crippen LogP) is 3.33. The largest absolute Gasteiger partial charge is 0.292 e. The molecule has 0 aliphatic carbocycles. The predicted molar refractivity (Wildman–Crippen MR) is 60.6 cm³/mol. The van der Waals surface area contributed by atoms with E-state index >= 15 is 0 Å². The second kappa shape index (κ2) is 4.81. The fourth-order valence-corrected chi connectivity index (χ4v) is 1.41. The lowest BCUT2D eigenvalue weighted by Gasteiger charge is -2.06. The third-order valence-corrected chi connectivity index (χ3v) is 3.03. The van der Waals surface area contributed by atoms with Crippen LogP contribution in [0.5, 0.6) is 0 Å². The van der Waals surface area contributed by atoms with Crippen LogP contribution in [0.25, 0.3) is 0 Å². The molecule has 1 nitrogen and oxygen atoms in total. The Labute approximate surface area is 94.0 Å². The lowest BCUT2D eigenvalue weighted by molar-refractivity contribution is 0.0992. The molecule has 76 valence electrons. The first-order valence-electron chi connectivity index (χ1n) is 4.37. The SMILES string of the molecule is Cc1ccc(C(=O)C(Cl)CCl)cc1C. The Balaban J connectivity index is 2.97. The minimum absolute atomic E-state index is 0.107. The molecule has 3 heteroatoms. The van der Waals surface area contributed by atoms with Crippen molar-refractivity contribution in [3.05, 3.63) is 34.9 Å². The highest BCUT2D eigenvalue weighted by Crippen LogP contribution is 2.14. The van der Waals surface area contributed by atoms with Crippen LogP contribution < -0.4 is 0 Å². The number of halogens is 2. The normalized spacial score (nSPS) is 12.6. The van der Waals surface area contributed by atoms with E-state index in [4.69, 9.17) is 23.2 Å². The molecule has 1 atom stereocenters. The molecule has 1 unspecified atom stereocenters. The van der Waals surface area contributed by atoms with Crippen molar-refractivity contribution in [1.82, 2.24) is 0 Å². The van der Waals surface area contributed by atoms with E-state index in [-0.39, 0.29) is 11.7 Å². The third-order valence-electron chi connectivity index (χ3n) is 2.21. The van der Waals surface area contributed by atoms with Gasteiger partial charge in [0.15, 0.2) is 5.78 Å². The molecule has 0 saturated heterocycles. The van der Waals surface area contributed by atoms with E-state index in [9.17, 15) is 4.79 Å². The molecule has 0 amide bonds. The van der Waals surface area contributed by atoms with Crippen LogP contribution in [0.2, 0.25) is 0 Å². The van der Waals surface area contributed by atoms with Crippen LogP contribution in [0.3, 0.4) is 0 Å². The Morgan fingerprint density at radius 2 is 2.00 bits per heavy atom. The van der Waals surface area contributed by atoms with Crippen molar-refractivity contribution in [2.24, 2.45) is 0 Å². The Bertz CT molecular complexity index is 347. The zero-order valence-corrected chi connectivity index (χ0v) is 9.69. The molecule has 1 rings (SSSR count). The number of Topliss-reactive ketones (excluding diaryl/α,β-unsaturated/α-hetero) is 1. The number of benzene rings is 1. The van der Waals surface area contributed by atoms with E-state index in [0.717, 1.165) is 5.56 Å². The van der Waals surface area contributed by atoms with Gasteiger partial charge in [0.2, 0.25) is 0 Å². The average molecular weight is 231 g/mol. The summed E-state index contributed by atoms with van der Waals surface area (Å²) in [6.07, 6.45) is 0. The fraction of sp³-hybridized carbons (Fsp3) is 0.364. The average Bonchev–Trinajstić information content (AvgIpc) is 2.20. The lowest BCUT2D eigenvalue weighted by atomic mass is 10.0. The summed E-state index contributed by atoms with van der Waals surface area (Å²) >= 11 is 11.3. The van der Waals surface area contributed by atoms with Gasteiger partial charge >= 0.3 is 0 Å². The van der Waals surface area contributed by atoms with Gasteiger partial charge in [-0.2, -0.15) is 0 Å². The second-order valence-corrected chi connectivity index (χ2v) is 4.12. The summed E-state index contributed by atoms with van der Waals surface area (Å²) in [5.41, 5.74) is 2.89. The monoisotopic (exact) mass is 230 g/mol. The molecule has 0 spiro atoms. The zero-order valence-electron chi connectivity index (χ0n) is 8.18. The Morgan fingerprint density at radius 1 is 1.36 bits per heavy atom. The van der Waals surface area contributed by atoms with Crippen molar-refractivity contribution in [2.45, 2.75) is 19.2 Å². The lowest BCUT2D eigenvalue weighted by Crippen LogP contribution is -2.16. The van der Waals surface area contributed by atoms with Crippen molar-refractivity contribution in [2.75, 3.05) is 5.88 Å². The number of carbonyl (C=O) groups excluding carboxylic acids is 1. The molecule has 0 bridgehead atoms. The molecule has 0 saturated carbocycles. The van der Waals surface area contributed by atoms with E-state index < -0.39 is 5.38 Å². The van der Waals surface area contributed by atoms with Gasteiger partial charge in [-0.3, -0.25) is 4.79 Å². The summed E-state index contributed by atoms with van der Waals surface area (Å²) in [6.45, 7) is 3.97. The van der Waals surface area contributed by atoms with E-state index in [2.05, 4.69) is 0 Å². The zero-order chi connectivity index (χ0) is 10.7. The summed E-state index contributed by atoms with van der Waals surface area (Å²) in [5, 5.41) is -0.626. The molecule has 0 aliphatic rings. The van der Waals surface area contributed by atoms with Gasteiger partial charge in [0, 0.05) is 11.4 Å². The fourth-order valence-electron chi connectivity index (χ4n) is 1.15. The van der Waals surface area contributed by atoms with Crippen molar-refractivity contribution in [3.8, 4) is 0 Å². The van der Waals surface area contributed by atoms with Crippen molar-refractivity contribution < 1.29 is 4.79 Å². The van der Waals surface area contributed by atoms with Gasteiger partial charge in [0.25, 0.3) is 0 Å². The molecule has 14 heavy (non-hydrogen) atoms. The summed E-state index contributed by atoms with van der Waals surface area (Å²) < 4.78 is 0. The van der Waals surface area contributed by atoms with Gasteiger partial charge in [-0.25, -0.2) is 0 Å². The van der Waals surface area contributed by atoms with E-state index in [1.807, 2.05) is 26.0 Å². The molecular formula is C11H12Cl2O. The smallest absolute Gasteiger partial charge is 0.181 e. The third kappa shape index (κ3) is 2.49. The summed E-state index contributed by atoms with van der Waals surface area (Å²) in [4.78, 5) is 11.6. The maximum atomic E-state index is 11.6. The quantitative estimate of drug-likeness (QED) is 0.576. The van der Waals surface area contributed by atoms with Crippen LogP contribution in [0.4, 0.5) is 0 Å². The minimum atomic E-state index is -0.626. The Kier molecular flexibility index (Phi) is 3.97. The van der Waals surface area contributed by atoms with Crippen LogP contribution in [0, 0.1) is 13.8 Å². The maximum Gasteiger partial charge on any atom is 0.181 e. The van der Waals surface area contributed by atoms with E-state index in [1.165, 1.54) is 5.56 Å². The molecule has 1 aromatic carbocycles. The molecule has 0 N–H and O–H groups in total. The number of hydrogen-bond acceptors (Lipinski definition) is 1. The first-order chi connectivity index (χ1) is 6.56. The number of aryl methyl sites for hydroxylation is 2. The van der Waals surface area contributed by atoms with E-state index in [0.29, 0.717) is 5.56 Å². The van der Waals surface area contributed by atoms with Gasteiger partial charge in [-0.15, -0.1) is 23.2 Å². The van der Waals surface area contributed by atoms with Crippen molar-refractivity contribution >= 4 is 29.0 Å². The van der Waals surface area contributed by atoms with Crippen molar-refractivity contribution in [3.63, 3.8) is 0 Å². The molecule has 0 heterocycles.